The lowest BCUT2D eigenvalue weighted by atomic mass is 10.4. The largest absolute Gasteiger partial charge is 0.438 e. The van der Waals surface area contributed by atoms with Crippen LogP contribution in [0.5, 0.6) is 0 Å². The number of thiol groups is 2. The van der Waals surface area contributed by atoms with Crippen molar-refractivity contribution >= 4 is 80.9 Å². The summed E-state index contributed by atoms with van der Waals surface area (Å²) >= 11 is 19.0. The van der Waals surface area contributed by atoms with Gasteiger partial charge in [0, 0.05) is 36.0 Å². The molecule has 0 fully saturated rings. The Morgan fingerprint density at radius 3 is 2.61 bits per heavy atom. The maximum Gasteiger partial charge on any atom is 0.197 e. The standard InChI is InChI=1S/C11H12BrNOS4/c12-7-6-18-11-8(17)5-9(14-10(7)11)13(1-3-15)2-4-16/h5-6,15-16H,1-4H2. The maximum absolute atomic E-state index is 5.94. The Morgan fingerprint density at radius 2 is 2.00 bits per heavy atom. The second kappa shape index (κ2) is 6.65. The summed E-state index contributed by atoms with van der Waals surface area (Å²) in [6, 6.07) is 1.91. The van der Waals surface area contributed by atoms with E-state index in [0.29, 0.717) is 0 Å². The van der Waals surface area contributed by atoms with Gasteiger partial charge in [0.25, 0.3) is 0 Å². The van der Waals surface area contributed by atoms with Crippen LogP contribution in [0.3, 0.4) is 0 Å². The van der Waals surface area contributed by atoms with Crippen LogP contribution in [0, 0.1) is 4.51 Å². The average Bonchev–Trinajstić information content (AvgIpc) is 2.72. The Bertz CT molecular complexity index is 588. The van der Waals surface area contributed by atoms with Gasteiger partial charge in [-0.2, -0.15) is 25.3 Å². The number of hydrogen-bond acceptors (Lipinski definition) is 6. The minimum atomic E-state index is 0.763. The summed E-state index contributed by atoms with van der Waals surface area (Å²) in [4.78, 5) is 2.11. The molecule has 0 aliphatic rings. The molecule has 0 aromatic carbocycles. The first-order chi connectivity index (χ1) is 8.67. The zero-order valence-electron chi connectivity index (χ0n) is 9.43. The van der Waals surface area contributed by atoms with E-state index in [9.17, 15) is 0 Å². The lowest BCUT2D eigenvalue weighted by molar-refractivity contribution is 0.580. The fourth-order valence-corrected chi connectivity index (χ4v) is 3.91. The molecule has 0 saturated carbocycles. The fraction of sp³-hybridized carbons (Fsp3) is 0.364. The molecule has 98 valence electrons. The second-order valence-corrected chi connectivity index (χ2v) is 6.69. The van der Waals surface area contributed by atoms with Gasteiger partial charge in [0.15, 0.2) is 11.5 Å². The summed E-state index contributed by atoms with van der Waals surface area (Å²) in [6.45, 7) is 1.63. The molecule has 18 heavy (non-hydrogen) atoms. The van der Waals surface area contributed by atoms with Crippen LogP contribution in [0.1, 0.15) is 0 Å². The highest BCUT2D eigenvalue weighted by Gasteiger charge is 2.12. The lowest BCUT2D eigenvalue weighted by Crippen LogP contribution is -2.27. The summed E-state index contributed by atoms with van der Waals surface area (Å²) in [7, 11) is 0. The van der Waals surface area contributed by atoms with Crippen molar-refractivity contribution in [2.24, 2.45) is 0 Å². The van der Waals surface area contributed by atoms with Gasteiger partial charge in [-0.3, -0.25) is 0 Å². The third-order valence-electron chi connectivity index (χ3n) is 2.44. The number of thiophene rings is 1. The Kier molecular flexibility index (Phi) is 5.44. The molecule has 0 bridgehead atoms. The van der Waals surface area contributed by atoms with Crippen molar-refractivity contribution in [3.8, 4) is 0 Å². The number of rotatable bonds is 5. The second-order valence-electron chi connectivity index (χ2n) is 3.63. The van der Waals surface area contributed by atoms with Crippen LogP contribution in [-0.2, 0) is 0 Å². The quantitative estimate of drug-likeness (QED) is 0.579. The van der Waals surface area contributed by atoms with E-state index in [1.807, 2.05) is 11.4 Å². The lowest BCUT2D eigenvalue weighted by Gasteiger charge is -2.21. The number of fused-ring (bicyclic) bond motifs is 1. The zero-order valence-corrected chi connectivity index (χ0v) is 14.4. The van der Waals surface area contributed by atoms with Gasteiger partial charge in [0.05, 0.1) is 13.7 Å². The third-order valence-corrected chi connectivity index (χ3v) is 5.18. The van der Waals surface area contributed by atoms with Crippen LogP contribution in [0.2, 0.25) is 0 Å². The van der Waals surface area contributed by atoms with E-state index in [1.54, 1.807) is 11.3 Å². The molecule has 2 aromatic rings. The summed E-state index contributed by atoms with van der Waals surface area (Å²) < 4.78 is 8.72. The van der Waals surface area contributed by atoms with Gasteiger partial charge in [0.2, 0.25) is 0 Å². The van der Waals surface area contributed by atoms with Gasteiger partial charge in [-0.15, -0.1) is 11.3 Å². The Labute approximate surface area is 134 Å². The molecule has 2 aromatic heterocycles. The van der Waals surface area contributed by atoms with Crippen molar-refractivity contribution in [3.63, 3.8) is 0 Å². The van der Waals surface area contributed by atoms with Gasteiger partial charge < -0.3 is 9.32 Å². The van der Waals surface area contributed by atoms with Crippen LogP contribution in [0.15, 0.2) is 20.3 Å². The fourth-order valence-electron chi connectivity index (χ4n) is 1.63. The molecule has 0 atom stereocenters. The molecular weight excluding hydrogens is 370 g/mol. The third kappa shape index (κ3) is 3.07. The van der Waals surface area contributed by atoms with Crippen LogP contribution in [0.4, 0.5) is 5.88 Å². The van der Waals surface area contributed by atoms with Crippen molar-refractivity contribution < 1.29 is 4.42 Å². The Morgan fingerprint density at radius 1 is 1.33 bits per heavy atom. The van der Waals surface area contributed by atoms with E-state index in [-0.39, 0.29) is 0 Å². The zero-order chi connectivity index (χ0) is 13.1. The SMILES string of the molecule is S=c1cc(N(CCS)CCS)oc2c(Br)csc12. The first-order valence-electron chi connectivity index (χ1n) is 5.35. The number of halogens is 1. The van der Waals surface area contributed by atoms with Crippen LogP contribution < -0.4 is 4.90 Å². The van der Waals surface area contributed by atoms with Gasteiger partial charge in [0.1, 0.15) is 0 Å². The molecule has 2 rings (SSSR count). The van der Waals surface area contributed by atoms with Crippen molar-refractivity contribution in [1.29, 1.82) is 0 Å². The van der Waals surface area contributed by atoms with Gasteiger partial charge in [-0.05, 0) is 15.9 Å². The Hall–Kier alpha value is 0.310. The minimum Gasteiger partial charge on any atom is -0.438 e. The van der Waals surface area contributed by atoms with Gasteiger partial charge in [-0.25, -0.2) is 0 Å². The molecule has 2 nitrogen and oxygen atoms in total. The van der Waals surface area contributed by atoms with Crippen molar-refractivity contribution in [2.75, 3.05) is 29.5 Å². The number of nitrogens with zero attached hydrogens (tertiary/aromatic N) is 1. The first kappa shape index (κ1) is 14.7. The summed E-state index contributed by atoms with van der Waals surface area (Å²) in [5.41, 5.74) is 0.825. The van der Waals surface area contributed by atoms with Gasteiger partial charge >= 0.3 is 0 Å². The summed E-state index contributed by atoms with van der Waals surface area (Å²) in [6.07, 6.45) is 0. The van der Waals surface area contributed by atoms with E-state index in [4.69, 9.17) is 16.6 Å². The molecule has 0 spiro atoms. The predicted molar refractivity (Wildman–Crippen MR) is 92.5 cm³/mol. The Balaban J connectivity index is 2.49. The monoisotopic (exact) mass is 381 g/mol. The number of anilines is 1. The van der Waals surface area contributed by atoms with Crippen molar-refractivity contribution in [1.82, 2.24) is 0 Å². The van der Waals surface area contributed by atoms with E-state index in [1.165, 1.54) is 0 Å². The average molecular weight is 382 g/mol. The van der Waals surface area contributed by atoms with E-state index < -0.39 is 0 Å². The van der Waals surface area contributed by atoms with E-state index in [2.05, 4.69) is 46.1 Å². The molecule has 2 heterocycles. The first-order valence-corrected chi connectivity index (χ1v) is 8.69. The molecule has 0 saturated heterocycles. The summed E-state index contributed by atoms with van der Waals surface area (Å²) in [5.74, 6) is 2.31. The normalized spacial score (nSPS) is 11.1. The molecular formula is C11H12BrNOS4. The smallest absolute Gasteiger partial charge is 0.197 e. The van der Waals surface area contributed by atoms with E-state index in [0.717, 1.165) is 49.7 Å². The molecule has 0 radical (unpaired) electrons. The predicted octanol–water partition coefficient (Wildman–Crippen LogP) is 4.65. The van der Waals surface area contributed by atoms with E-state index >= 15 is 0 Å². The molecule has 0 aliphatic heterocycles. The molecule has 0 N–H and O–H groups in total. The highest BCUT2D eigenvalue weighted by Crippen LogP contribution is 2.34. The van der Waals surface area contributed by atoms with Crippen molar-refractivity contribution in [3.05, 3.63) is 20.4 Å². The highest BCUT2D eigenvalue weighted by molar-refractivity contribution is 9.10. The molecule has 7 heteroatoms. The maximum atomic E-state index is 5.94. The van der Waals surface area contributed by atoms with Crippen LogP contribution in [0.25, 0.3) is 10.3 Å². The van der Waals surface area contributed by atoms with Crippen molar-refractivity contribution in [2.45, 2.75) is 0 Å². The molecule has 0 amide bonds. The van der Waals surface area contributed by atoms with Crippen LogP contribution in [-0.4, -0.2) is 24.6 Å². The topological polar surface area (TPSA) is 16.4 Å². The molecule has 0 unspecified atom stereocenters. The van der Waals surface area contributed by atoms with Crippen LogP contribution >= 0.6 is 64.7 Å². The highest BCUT2D eigenvalue weighted by atomic mass is 79.9. The number of hydrogen-bond donors (Lipinski definition) is 2. The van der Waals surface area contributed by atoms with Gasteiger partial charge in [-0.1, -0.05) is 12.2 Å². The minimum absolute atomic E-state index is 0.763. The molecule has 0 aliphatic carbocycles. The summed E-state index contributed by atoms with van der Waals surface area (Å²) in [5, 5.41) is 2.00.